The molecule has 1 aromatic heterocycles. The van der Waals surface area contributed by atoms with Crippen molar-refractivity contribution < 1.29 is 9.53 Å². The number of benzene rings is 2. The van der Waals surface area contributed by atoms with Gasteiger partial charge < -0.3 is 9.30 Å². The first-order chi connectivity index (χ1) is 13.5. The van der Waals surface area contributed by atoms with Crippen molar-refractivity contribution in [1.29, 1.82) is 0 Å². The van der Waals surface area contributed by atoms with Crippen LogP contribution in [0.25, 0.3) is 5.69 Å². The monoisotopic (exact) mass is 439 g/mol. The van der Waals surface area contributed by atoms with Gasteiger partial charge in [-0.2, -0.15) is 5.10 Å². The number of hydrogen-bond donors (Lipinski definition) is 1. The molecular formula is C22H22BrN3O2. The molecule has 0 spiro atoms. The van der Waals surface area contributed by atoms with Gasteiger partial charge in [-0.05, 0) is 62.7 Å². The van der Waals surface area contributed by atoms with Gasteiger partial charge in [0.15, 0.2) is 6.61 Å². The molecule has 0 aliphatic carbocycles. The Bertz CT molecular complexity index is 1010. The fourth-order valence-corrected chi connectivity index (χ4v) is 3.24. The molecule has 144 valence electrons. The van der Waals surface area contributed by atoms with Gasteiger partial charge in [-0.25, -0.2) is 5.43 Å². The van der Waals surface area contributed by atoms with Gasteiger partial charge >= 0.3 is 0 Å². The van der Waals surface area contributed by atoms with Crippen molar-refractivity contribution in [3.8, 4) is 11.4 Å². The minimum Gasteiger partial charge on any atom is -0.483 e. The Morgan fingerprint density at radius 1 is 1.14 bits per heavy atom. The van der Waals surface area contributed by atoms with E-state index in [1.54, 1.807) is 6.21 Å². The van der Waals surface area contributed by atoms with Crippen molar-refractivity contribution in [2.75, 3.05) is 6.61 Å². The predicted molar refractivity (Wildman–Crippen MR) is 115 cm³/mol. The van der Waals surface area contributed by atoms with Crippen molar-refractivity contribution >= 4 is 28.1 Å². The number of aromatic nitrogens is 1. The second kappa shape index (κ2) is 8.89. The van der Waals surface area contributed by atoms with Gasteiger partial charge in [0.2, 0.25) is 0 Å². The molecule has 1 amide bonds. The van der Waals surface area contributed by atoms with E-state index in [0.29, 0.717) is 5.75 Å². The second-order valence-electron chi connectivity index (χ2n) is 6.49. The predicted octanol–water partition coefficient (Wildman–Crippen LogP) is 4.69. The van der Waals surface area contributed by atoms with E-state index in [0.717, 1.165) is 32.7 Å². The number of carbonyl (C=O) groups excluding carboxylic acids is 1. The van der Waals surface area contributed by atoms with Crippen LogP contribution in [0.15, 0.2) is 64.2 Å². The maximum absolute atomic E-state index is 12.0. The van der Waals surface area contributed by atoms with Gasteiger partial charge in [0.05, 0.1) is 6.21 Å². The van der Waals surface area contributed by atoms with Gasteiger partial charge in [0.1, 0.15) is 5.75 Å². The molecule has 3 aromatic rings. The highest BCUT2D eigenvalue weighted by Crippen LogP contribution is 2.21. The lowest BCUT2D eigenvalue weighted by Gasteiger charge is -2.09. The lowest BCUT2D eigenvalue weighted by molar-refractivity contribution is -0.123. The highest BCUT2D eigenvalue weighted by atomic mass is 79.9. The molecule has 1 N–H and O–H groups in total. The summed E-state index contributed by atoms with van der Waals surface area (Å²) in [5.41, 5.74) is 7.66. The van der Waals surface area contributed by atoms with Crippen molar-refractivity contribution in [1.82, 2.24) is 9.99 Å². The van der Waals surface area contributed by atoms with Crippen molar-refractivity contribution in [2.45, 2.75) is 20.8 Å². The molecule has 1 heterocycles. The Morgan fingerprint density at radius 2 is 1.86 bits per heavy atom. The molecule has 3 rings (SSSR count). The first-order valence-corrected chi connectivity index (χ1v) is 9.70. The minimum absolute atomic E-state index is 0.0832. The van der Waals surface area contributed by atoms with Crippen LogP contribution < -0.4 is 10.2 Å². The minimum atomic E-state index is -0.304. The van der Waals surface area contributed by atoms with Gasteiger partial charge in [-0.1, -0.05) is 34.1 Å². The summed E-state index contributed by atoms with van der Waals surface area (Å²) in [7, 11) is 0. The van der Waals surface area contributed by atoms with Crippen LogP contribution in [-0.4, -0.2) is 23.3 Å². The SMILES string of the molecule is Cc1ccccc1OCC(=O)N/N=C\c1cc(C)n(-c2ccc(Br)cc2)c1C. The van der Waals surface area contributed by atoms with Crippen LogP contribution in [0.4, 0.5) is 0 Å². The van der Waals surface area contributed by atoms with E-state index in [2.05, 4.69) is 43.2 Å². The summed E-state index contributed by atoms with van der Waals surface area (Å²) in [6.45, 7) is 5.92. The molecule has 0 radical (unpaired) electrons. The Balaban J connectivity index is 1.63. The number of para-hydroxylation sites is 1. The second-order valence-corrected chi connectivity index (χ2v) is 7.40. The lowest BCUT2D eigenvalue weighted by atomic mass is 10.2. The van der Waals surface area contributed by atoms with Gasteiger partial charge in [-0.15, -0.1) is 0 Å². The third-order valence-electron chi connectivity index (χ3n) is 4.40. The third kappa shape index (κ3) is 4.70. The summed E-state index contributed by atoms with van der Waals surface area (Å²) in [5.74, 6) is 0.390. The first-order valence-electron chi connectivity index (χ1n) is 8.91. The van der Waals surface area contributed by atoms with E-state index in [1.807, 2.05) is 63.2 Å². The first kappa shape index (κ1) is 19.9. The molecule has 0 unspecified atom stereocenters. The molecule has 0 saturated carbocycles. The number of hydrogen-bond acceptors (Lipinski definition) is 3. The van der Waals surface area contributed by atoms with Crippen molar-refractivity contribution in [2.24, 2.45) is 5.10 Å². The van der Waals surface area contributed by atoms with Crippen LogP contribution in [0.3, 0.4) is 0 Å². The van der Waals surface area contributed by atoms with Gasteiger partial charge in [0.25, 0.3) is 5.91 Å². The van der Waals surface area contributed by atoms with Crippen LogP contribution >= 0.6 is 15.9 Å². The number of halogens is 1. The maximum Gasteiger partial charge on any atom is 0.277 e. The Hall–Kier alpha value is -2.86. The number of nitrogens with zero attached hydrogens (tertiary/aromatic N) is 2. The van der Waals surface area contributed by atoms with Crippen molar-refractivity contribution in [3.63, 3.8) is 0 Å². The number of hydrazone groups is 1. The van der Waals surface area contributed by atoms with Crippen LogP contribution in [0.5, 0.6) is 5.75 Å². The Labute approximate surface area is 173 Å². The van der Waals surface area contributed by atoms with Crippen LogP contribution in [-0.2, 0) is 4.79 Å². The number of rotatable bonds is 6. The van der Waals surface area contributed by atoms with Gasteiger partial charge in [-0.3, -0.25) is 4.79 Å². The van der Waals surface area contributed by atoms with Crippen LogP contribution in [0.2, 0.25) is 0 Å². The molecule has 0 atom stereocenters. The summed E-state index contributed by atoms with van der Waals surface area (Å²) >= 11 is 3.46. The summed E-state index contributed by atoms with van der Waals surface area (Å²) < 4.78 is 8.71. The molecule has 28 heavy (non-hydrogen) atoms. The number of amides is 1. The zero-order valence-corrected chi connectivity index (χ0v) is 17.7. The Morgan fingerprint density at radius 3 is 2.57 bits per heavy atom. The highest BCUT2D eigenvalue weighted by Gasteiger charge is 2.09. The topological polar surface area (TPSA) is 55.6 Å². The van der Waals surface area contributed by atoms with E-state index >= 15 is 0 Å². The molecule has 0 bridgehead atoms. The zero-order valence-electron chi connectivity index (χ0n) is 16.1. The summed E-state index contributed by atoms with van der Waals surface area (Å²) in [6.07, 6.45) is 1.66. The molecule has 6 heteroatoms. The number of nitrogens with one attached hydrogen (secondary N) is 1. The quantitative estimate of drug-likeness (QED) is 0.447. The summed E-state index contributed by atoms with van der Waals surface area (Å²) in [6, 6.07) is 17.7. The smallest absolute Gasteiger partial charge is 0.277 e. The summed E-state index contributed by atoms with van der Waals surface area (Å²) in [5, 5.41) is 4.07. The molecule has 0 fully saturated rings. The number of ether oxygens (including phenoxy) is 1. The van der Waals surface area contributed by atoms with Crippen molar-refractivity contribution in [3.05, 3.63) is 81.6 Å². The van der Waals surface area contributed by atoms with Gasteiger partial charge in [0, 0.05) is 27.1 Å². The van der Waals surface area contributed by atoms with E-state index in [1.165, 1.54) is 0 Å². The average Bonchev–Trinajstić information content (AvgIpc) is 2.95. The van der Waals surface area contributed by atoms with Crippen LogP contribution in [0, 0.1) is 20.8 Å². The normalized spacial score (nSPS) is 11.0. The van der Waals surface area contributed by atoms with Crippen LogP contribution in [0.1, 0.15) is 22.5 Å². The molecule has 0 aliphatic heterocycles. The summed E-state index contributed by atoms with van der Waals surface area (Å²) in [4.78, 5) is 12.0. The fraction of sp³-hybridized carbons (Fsp3) is 0.182. The number of carbonyl (C=O) groups is 1. The molecule has 0 aliphatic rings. The number of aryl methyl sites for hydroxylation is 2. The largest absolute Gasteiger partial charge is 0.483 e. The highest BCUT2D eigenvalue weighted by molar-refractivity contribution is 9.10. The third-order valence-corrected chi connectivity index (χ3v) is 4.93. The van der Waals surface area contributed by atoms with E-state index < -0.39 is 0 Å². The molecule has 0 saturated heterocycles. The van der Waals surface area contributed by atoms with E-state index in [4.69, 9.17) is 4.74 Å². The van der Waals surface area contributed by atoms with E-state index in [-0.39, 0.29) is 12.5 Å². The maximum atomic E-state index is 12.0. The fourth-order valence-electron chi connectivity index (χ4n) is 2.97. The zero-order chi connectivity index (χ0) is 20.1. The molecule has 5 nitrogen and oxygen atoms in total. The lowest BCUT2D eigenvalue weighted by Crippen LogP contribution is -2.24. The molecular weight excluding hydrogens is 418 g/mol. The van der Waals surface area contributed by atoms with E-state index in [9.17, 15) is 4.79 Å². The molecule has 2 aromatic carbocycles. The Kier molecular flexibility index (Phi) is 6.31. The average molecular weight is 440 g/mol. The standard InChI is InChI=1S/C22H22BrN3O2/c1-15-6-4-5-7-21(15)28-14-22(27)25-24-13-18-12-16(2)26(17(18)3)20-10-8-19(23)9-11-20/h4-13H,14H2,1-3H3,(H,25,27)/b24-13-.